The molecule has 4 rings (SSSR count). The molecule has 0 bridgehead atoms. The van der Waals surface area contributed by atoms with Crippen LogP contribution in [0.1, 0.15) is 27.9 Å². The van der Waals surface area contributed by atoms with Crippen LogP contribution in [-0.4, -0.2) is 60.1 Å². The van der Waals surface area contributed by atoms with Gasteiger partial charge in [-0.1, -0.05) is 17.4 Å². The normalized spacial score (nSPS) is 14.6. The molecule has 9 heteroatoms. The zero-order valence-electron chi connectivity index (χ0n) is 18.2. The number of aryl methyl sites for hydroxylation is 2. The maximum atomic E-state index is 13.4. The van der Waals surface area contributed by atoms with Crippen molar-refractivity contribution in [3.05, 3.63) is 63.2 Å². The number of aromatic nitrogens is 1. The van der Waals surface area contributed by atoms with Crippen LogP contribution in [0.2, 0.25) is 0 Å². The van der Waals surface area contributed by atoms with E-state index in [4.69, 9.17) is 9.72 Å². The van der Waals surface area contributed by atoms with Crippen molar-refractivity contribution in [1.29, 1.82) is 0 Å². The fourth-order valence-electron chi connectivity index (χ4n) is 3.92. The summed E-state index contributed by atoms with van der Waals surface area (Å²) in [5, 5.41) is 11.6. The van der Waals surface area contributed by atoms with Gasteiger partial charge in [-0.2, -0.15) is 0 Å². The number of nitro groups is 1. The molecular formula is C23H26N4O4S. The fraction of sp³-hybridized carbons (Fsp3) is 0.391. The van der Waals surface area contributed by atoms with Crippen LogP contribution >= 0.6 is 11.3 Å². The summed E-state index contributed by atoms with van der Waals surface area (Å²) in [6, 6.07) is 9.94. The van der Waals surface area contributed by atoms with Gasteiger partial charge in [0.1, 0.15) is 0 Å². The molecule has 0 radical (unpaired) electrons. The number of carbonyl (C=O) groups is 1. The summed E-state index contributed by atoms with van der Waals surface area (Å²) in [4.78, 5) is 32.8. The number of fused-ring (bicyclic) bond motifs is 1. The average Bonchev–Trinajstić information content (AvgIpc) is 3.21. The van der Waals surface area contributed by atoms with Crippen LogP contribution < -0.4 is 4.90 Å². The van der Waals surface area contributed by atoms with E-state index in [1.54, 1.807) is 4.90 Å². The largest absolute Gasteiger partial charge is 0.379 e. The van der Waals surface area contributed by atoms with E-state index in [9.17, 15) is 14.9 Å². The first-order chi connectivity index (χ1) is 15.4. The summed E-state index contributed by atoms with van der Waals surface area (Å²) in [6.07, 6.45) is 0.798. The molecule has 0 spiro atoms. The van der Waals surface area contributed by atoms with E-state index in [1.165, 1.54) is 35.6 Å². The van der Waals surface area contributed by atoms with Gasteiger partial charge in [0.15, 0.2) is 5.13 Å². The molecule has 1 aromatic heterocycles. The number of non-ortho nitro benzene ring substituents is 1. The fourth-order valence-corrected chi connectivity index (χ4v) is 5.08. The first kappa shape index (κ1) is 22.3. The number of nitrogens with zero attached hydrogens (tertiary/aromatic N) is 4. The first-order valence-electron chi connectivity index (χ1n) is 10.7. The third-order valence-corrected chi connectivity index (χ3v) is 6.60. The molecule has 168 valence electrons. The van der Waals surface area contributed by atoms with Gasteiger partial charge >= 0.3 is 0 Å². The van der Waals surface area contributed by atoms with Crippen LogP contribution in [0.4, 0.5) is 10.8 Å². The van der Waals surface area contributed by atoms with Gasteiger partial charge in [-0.3, -0.25) is 24.7 Å². The molecule has 2 aromatic carbocycles. The van der Waals surface area contributed by atoms with Crippen molar-refractivity contribution in [2.24, 2.45) is 0 Å². The van der Waals surface area contributed by atoms with Gasteiger partial charge in [-0.05, 0) is 49.6 Å². The molecule has 0 unspecified atom stereocenters. The average molecular weight is 455 g/mol. The quantitative estimate of drug-likeness (QED) is 0.393. The summed E-state index contributed by atoms with van der Waals surface area (Å²) in [6.45, 7) is 8.74. The highest BCUT2D eigenvalue weighted by molar-refractivity contribution is 7.22. The number of ether oxygens (including phenoxy) is 1. The number of hydrogen-bond donors (Lipinski definition) is 0. The number of anilines is 1. The Morgan fingerprint density at radius 2 is 1.94 bits per heavy atom. The number of carbonyl (C=O) groups excluding carboxylic acids is 1. The second-order valence-electron chi connectivity index (χ2n) is 7.99. The van der Waals surface area contributed by atoms with Gasteiger partial charge in [-0.25, -0.2) is 4.98 Å². The van der Waals surface area contributed by atoms with Crippen molar-refractivity contribution in [1.82, 2.24) is 9.88 Å². The van der Waals surface area contributed by atoms with Gasteiger partial charge in [0, 0.05) is 43.9 Å². The maximum Gasteiger partial charge on any atom is 0.269 e. The topological polar surface area (TPSA) is 88.8 Å². The lowest BCUT2D eigenvalue weighted by Gasteiger charge is -2.27. The number of hydrogen-bond acceptors (Lipinski definition) is 7. The lowest BCUT2D eigenvalue weighted by molar-refractivity contribution is -0.384. The van der Waals surface area contributed by atoms with Crippen LogP contribution in [0, 0.1) is 24.0 Å². The highest BCUT2D eigenvalue weighted by Crippen LogP contribution is 2.32. The van der Waals surface area contributed by atoms with Crippen molar-refractivity contribution < 1.29 is 14.5 Å². The molecule has 0 atom stereocenters. The standard InChI is InChI=1S/C23H26N4O4S/c1-16-14-17(2)21-20(15-16)32-23(24-21)26(9-3-8-25-10-12-31-13-11-25)22(28)18-4-6-19(7-5-18)27(29)30/h4-7,14-15H,3,8-13H2,1-2H3. The molecule has 8 nitrogen and oxygen atoms in total. The Hall–Kier alpha value is -2.88. The minimum atomic E-state index is -0.465. The zero-order chi connectivity index (χ0) is 22.7. The number of morpholine rings is 1. The van der Waals surface area contributed by atoms with E-state index in [0.717, 1.165) is 60.6 Å². The predicted molar refractivity (Wildman–Crippen MR) is 126 cm³/mol. The molecule has 1 saturated heterocycles. The zero-order valence-corrected chi connectivity index (χ0v) is 19.1. The second kappa shape index (κ2) is 9.72. The number of thiazole rings is 1. The summed E-state index contributed by atoms with van der Waals surface area (Å²) in [5.41, 5.74) is 3.52. The number of benzene rings is 2. The summed E-state index contributed by atoms with van der Waals surface area (Å²) in [7, 11) is 0. The number of nitro benzene ring substituents is 1. The molecule has 0 aliphatic carbocycles. The lowest BCUT2D eigenvalue weighted by atomic mass is 10.1. The van der Waals surface area contributed by atoms with E-state index in [1.807, 2.05) is 13.8 Å². The number of rotatable bonds is 7. The molecule has 2 heterocycles. The Balaban J connectivity index is 1.60. The SMILES string of the molecule is Cc1cc(C)c2nc(N(CCCN3CCOCC3)C(=O)c3ccc([N+](=O)[O-])cc3)sc2c1. The highest BCUT2D eigenvalue weighted by Gasteiger charge is 2.23. The molecule has 0 saturated carbocycles. The Labute approximate surface area is 190 Å². The van der Waals surface area contributed by atoms with Crippen LogP contribution in [0.25, 0.3) is 10.2 Å². The van der Waals surface area contributed by atoms with Gasteiger partial charge in [-0.15, -0.1) is 0 Å². The van der Waals surface area contributed by atoms with Gasteiger partial charge in [0.25, 0.3) is 11.6 Å². The Kier molecular flexibility index (Phi) is 6.78. The Morgan fingerprint density at radius 3 is 2.62 bits per heavy atom. The van der Waals surface area contributed by atoms with Crippen molar-refractivity contribution in [3.63, 3.8) is 0 Å². The van der Waals surface area contributed by atoms with E-state index in [-0.39, 0.29) is 11.6 Å². The van der Waals surface area contributed by atoms with Crippen LogP contribution in [0.3, 0.4) is 0 Å². The maximum absolute atomic E-state index is 13.4. The van der Waals surface area contributed by atoms with Crippen LogP contribution in [-0.2, 0) is 4.74 Å². The third kappa shape index (κ3) is 4.95. The monoisotopic (exact) mass is 454 g/mol. The number of amides is 1. The molecule has 1 amide bonds. The highest BCUT2D eigenvalue weighted by atomic mass is 32.1. The van der Waals surface area contributed by atoms with Crippen molar-refractivity contribution in [2.75, 3.05) is 44.3 Å². The summed E-state index contributed by atoms with van der Waals surface area (Å²) < 4.78 is 6.46. The van der Waals surface area contributed by atoms with E-state index >= 15 is 0 Å². The van der Waals surface area contributed by atoms with Crippen LogP contribution in [0.15, 0.2) is 36.4 Å². The minimum Gasteiger partial charge on any atom is -0.379 e. The van der Waals surface area contributed by atoms with E-state index in [0.29, 0.717) is 17.2 Å². The lowest BCUT2D eigenvalue weighted by Crippen LogP contribution is -2.39. The summed E-state index contributed by atoms with van der Waals surface area (Å²) in [5.74, 6) is -0.199. The smallest absolute Gasteiger partial charge is 0.269 e. The summed E-state index contributed by atoms with van der Waals surface area (Å²) >= 11 is 1.50. The second-order valence-corrected chi connectivity index (χ2v) is 9.00. The molecular weight excluding hydrogens is 428 g/mol. The van der Waals surface area contributed by atoms with Crippen molar-refractivity contribution in [2.45, 2.75) is 20.3 Å². The molecule has 0 N–H and O–H groups in total. The van der Waals surface area contributed by atoms with Crippen molar-refractivity contribution >= 4 is 38.3 Å². The predicted octanol–water partition coefficient (Wildman–Crippen LogP) is 4.19. The Morgan fingerprint density at radius 1 is 1.22 bits per heavy atom. The van der Waals surface area contributed by atoms with E-state index < -0.39 is 4.92 Å². The van der Waals surface area contributed by atoms with Crippen LogP contribution in [0.5, 0.6) is 0 Å². The van der Waals surface area contributed by atoms with Crippen molar-refractivity contribution in [3.8, 4) is 0 Å². The molecule has 1 fully saturated rings. The molecule has 1 aliphatic rings. The van der Waals surface area contributed by atoms with Gasteiger partial charge in [0.05, 0.1) is 28.4 Å². The van der Waals surface area contributed by atoms with Gasteiger partial charge in [0.2, 0.25) is 0 Å². The van der Waals surface area contributed by atoms with Gasteiger partial charge < -0.3 is 4.74 Å². The minimum absolute atomic E-state index is 0.0356. The van der Waals surface area contributed by atoms with E-state index in [2.05, 4.69) is 17.0 Å². The molecule has 32 heavy (non-hydrogen) atoms. The third-order valence-electron chi connectivity index (χ3n) is 5.58. The molecule has 1 aliphatic heterocycles. The first-order valence-corrected chi connectivity index (χ1v) is 11.5. The Bertz CT molecular complexity index is 1120. The molecule has 3 aromatic rings.